The fraction of sp³-hybridized carbons (Fsp3) is 0.106. The second kappa shape index (κ2) is 10.0. The molecule has 0 saturated heterocycles. The molecule has 3 aliphatic heterocycles. The van der Waals surface area contributed by atoms with Gasteiger partial charge in [-0.05, 0) is 102 Å². The summed E-state index contributed by atoms with van der Waals surface area (Å²) >= 11 is 0. The Kier molecular flexibility index (Phi) is 5.64. The third kappa shape index (κ3) is 3.49. The lowest BCUT2D eigenvalue weighted by Gasteiger charge is -2.44. The van der Waals surface area contributed by atoms with Crippen LogP contribution in [0.15, 0.2) is 164 Å². The van der Waals surface area contributed by atoms with Crippen LogP contribution in [0, 0.1) is 0 Å². The minimum atomic E-state index is -2.65. The van der Waals surface area contributed by atoms with Crippen LogP contribution in [-0.4, -0.2) is 8.07 Å². The molecule has 1 aliphatic carbocycles. The van der Waals surface area contributed by atoms with Crippen LogP contribution in [0.25, 0.3) is 33.4 Å². The van der Waals surface area contributed by atoms with Gasteiger partial charge in [0.2, 0.25) is 0 Å². The molecule has 0 radical (unpaired) electrons. The average Bonchev–Trinajstić information content (AvgIpc) is 3.86. The topological polar surface area (TPSA) is 3.24 Å². The van der Waals surface area contributed by atoms with Crippen molar-refractivity contribution < 1.29 is 0 Å². The van der Waals surface area contributed by atoms with Crippen LogP contribution in [0.5, 0.6) is 0 Å². The maximum absolute atomic E-state index is 2.65. The quantitative estimate of drug-likeness (QED) is 0.170. The molecule has 1 atom stereocenters. The van der Waals surface area contributed by atoms with Gasteiger partial charge in [0.05, 0.1) is 11.4 Å². The summed E-state index contributed by atoms with van der Waals surface area (Å²) in [6, 6.07) is 62.8. The fourth-order valence-corrected chi connectivity index (χ4v) is 16.0. The first-order valence-electron chi connectivity index (χ1n) is 17.8. The molecule has 0 N–H and O–H groups in total. The lowest BCUT2D eigenvalue weighted by molar-refractivity contribution is 0.530. The molecule has 232 valence electrons. The number of fused-ring (bicyclic) bond motifs is 14. The molecule has 4 aliphatic rings. The fourth-order valence-electron chi connectivity index (χ4n) is 10.3. The van der Waals surface area contributed by atoms with E-state index in [9.17, 15) is 0 Å². The number of hydrogen-bond acceptors (Lipinski definition) is 1. The van der Waals surface area contributed by atoms with Crippen LogP contribution in [0.2, 0.25) is 0 Å². The predicted octanol–water partition coefficient (Wildman–Crippen LogP) is 9.34. The average molecular weight is 642 g/mol. The number of hydrogen-bond donors (Lipinski definition) is 0. The molecule has 0 amide bonds. The summed E-state index contributed by atoms with van der Waals surface area (Å²) < 4.78 is 0. The molecule has 2 spiro atoms. The van der Waals surface area contributed by atoms with E-state index in [0.29, 0.717) is 0 Å². The lowest BCUT2D eigenvalue weighted by Crippen LogP contribution is -2.70. The molecule has 2 heteroatoms. The molecular formula is C47H35NSi. The van der Waals surface area contributed by atoms with E-state index in [-0.39, 0.29) is 5.41 Å². The van der Waals surface area contributed by atoms with Crippen molar-refractivity contribution in [2.24, 2.45) is 0 Å². The van der Waals surface area contributed by atoms with Crippen molar-refractivity contribution in [1.29, 1.82) is 0 Å². The summed E-state index contributed by atoms with van der Waals surface area (Å²) in [7, 11) is -2.65. The van der Waals surface area contributed by atoms with Crippen LogP contribution in [0.4, 0.5) is 17.1 Å². The standard InChI is InChI=1S/C47H35NSi/c1-2-14-32(15-3-1)33-24-26-37-35-16-4-10-22-43(35)49(45(37)30-33)44-23-11-5-17-36(44)38-27-25-34(31-46(38)49)48-41-20-8-6-18-39(41)47(28-12-13-29-47)40-19-7-9-21-42(40)48/h1-11,14-27,30-31H,12-13,28-29H2. The lowest BCUT2D eigenvalue weighted by atomic mass is 9.69. The number of rotatable bonds is 2. The molecule has 1 unspecified atom stereocenters. The Morgan fingerprint density at radius 1 is 0.408 bits per heavy atom. The molecule has 1 fully saturated rings. The highest BCUT2D eigenvalue weighted by molar-refractivity contribution is 7.24. The maximum atomic E-state index is 2.60. The van der Waals surface area contributed by atoms with Crippen LogP contribution >= 0.6 is 0 Å². The third-order valence-electron chi connectivity index (χ3n) is 12.2. The van der Waals surface area contributed by atoms with Crippen molar-refractivity contribution in [2.75, 3.05) is 4.90 Å². The molecule has 49 heavy (non-hydrogen) atoms. The molecule has 3 heterocycles. The third-order valence-corrected chi connectivity index (χ3v) is 17.1. The van der Waals surface area contributed by atoms with Crippen molar-refractivity contribution in [3.8, 4) is 33.4 Å². The molecule has 1 nitrogen and oxygen atoms in total. The van der Waals surface area contributed by atoms with E-state index in [0.717, 1.165) is 0 Å². The largest absolute Gasteiger partial charge is 0.310 e. The number of benzene rings is 7. The predicted molar refractivity (Wildman–Crippen MR) is 207 cm³/mol. The summed E-state index contributed by atoms with van der Waals surface area (Å²) in [5.41, 5.74) is 15.2. The molecular weight excluding hydrogens is 607 g/mol. The van der Waals surface area contributed by atoms with Gasteiger partial charge in [-0.3, -0.25) is 0 Å². The summed E-state index contributed by atoms with van der Waals surface area (Å²) in [4.78, 5) is 2.59. The van der Waals surface area contributed by atoms with Gasteiger partial charge in [-0.1, -0.05) is 152 Å². The van der Waals surface area contributed by atoms with E-state index in [4.69, 9.17) is 0 Å². The Hall–Kier alpha value is -5.44. The maximum Gasteiger partial charge on any atom is 0.182 e. The van der Waals surface area contributed by atoms with Crippen LogP contribution in [0.1, 0.15) is 36.8 Å². The van der Waals surface area contributed by atoms with Gasteiger partial charge in [0.1, 0.15) is 0 Å². The Labute approximate surface area is 289 Å². The Morgan fingerprint density at radius 3 is 1.57 bits per heavy atom. The van der Waals surface area contributed by atoms with Crippen molar-refractivity contribution in [3.63, 3.8) is 0 Å². The summed E-state index contributed by atoms with van der Waals surface area (Å²) in [6.07, 6.45) is 5.03. The van der Waals surface area contributed by atoms with Crippen LogP contribution in [0.3, 0.4) is 0 Å². The summed E-state index contributed by atoms with van der Waals surface area (Å²) in [5, 5.41) is 6.06. The van der Waals surface area contributed by atoms with Gasteiger partial charge < -0.3 is 4.90 Å². The van der Waals surface area contributed by atoms with Gasteiger partial charge in [-0.25, -0.2) is 0 Å². The van der Waals surface area contributed by atoms with E-state index in [2.05, 4.69) is 169 Å². The summed E-state index contributed by atoms with van der Waals surface area (Å²) in [6.45, 7) is 0. The monoisotopic (exact) mass is 641 g/mol. The highest BCUT2D eigenvalue weighted by Crippen LogP contribution is 2.58. The first-order valence-corrected chi connectivity index (χ1v) is 19.8. The minimum Gasteiger partial charge on any atom is -0.310 e. The van der Waals surface area contributed by atoms with Gasteiger partial charge in [0, 0.05) is 11.1 Å². The number of nitrogens with zero attached hydrogens (tertiary/aromatic N) is 1. The Bertz CT molecular complexity index is 2410. The van der Waals surface area contributed by atoms with Gasteiger partial charge in [-0.15, -0.1) is 0 Å². The van der Waals surface area contributed by atoms with E-state index in [1.165, 1.54) is 108 Å². The highest BCUT2D eigenvalue weighted by atomic mass is 28.3. The SMILES string of the molecule is c1ccc(-c2ccc3c(c2)[Si]2(c4ccccc4-3)c3ccccc3-c3ccc(N4c5ccccc5C5(CCCC5)c5ccccc54)cc32)cc1. The summed E-state index contributed by atoms with van der Waals surface area (Å²) in [5.74, 6) is 0. The van der Waals surface area contributed by atoms with Gasteiger partial charge in [-0.2, -0.15) is 0 Å². The second-order valence-electron chi connectivity index (χ2n) is 14.4. The van der Waals surface area contributed by atoms with Gasteiger partial charge >= 0.3 is 0 Å². The second-order valence-corrected chi connectivity index (χ2v) is 18.0. The van der Waals surface area contributed by atoms with Crippen molar-refractivity contribution in [2.45, 2.75) is 31.1 Å². The molecule has 0 bridgehead atoms. The van der Waals surface area contributed by atoms with Gasteiger partial charge in [0.15, 0.2) is 8.07 Å². The van der Waals surface area contributed by atoms with Gasteiger partial charge in [0.25, 0.3) is 0 Å². The van der Waals surface area contributed by atoms with Crippen molar-refractivity contribution >= 4 is 45.9 Å². The molecule has 7 aromatic rings. The molecule has 0 aromatic heterocycles. The zero-order valence-corrected chi connectivity index (χ0v) is 28.4. The zero-order chi connectivity index (χ0) is 32.2. The number of para-hydroxylation sites is 2. The van der Waals surface area contributed by atoms with Crippen LogP contribution in [-0.2, 0) is 5.41 Å². The van der Waals surface area contributed by atoms with Crippen molar-refractivity contribution in [3.05, 3.63) is 175 Å². The van der Waals surface area contributed by atoms with E-state index in [1.807, 2.05) is 0 Å². The van der Waals surface area contributed by atoms with E-state index >= 15 is 0 Å². The smallest absolute Gasteiger partial charge is 0.182 e. The molecule has 11 rings (SSSR count). The minimum absolute atomic E-state index is 0.101. The van der Waals surface area contributed by atoms with Crippen LogP contribution < -0.4 is 25.6 Å². The van der Waals surface area contributed by atoms with Crippen molar-refractivity contribution in [1.82, 2.24) is 0 Å². The Balaban J connectivity index is 1.20. The normalized spacial score (nSPS) is 18.5. The first kappa shape index (κ1) is 27.5. The molecule has 7 aromatic carbocycles. The first-order chi connectivity index (χ1) is 24.3. The van der Waals surface area contributed by atoms with E-state index < -0.39 is 8.07 Å². The zero-order valence-electron chi connectivity index (χ0n) is 27.4. The highest BCUT2D eigenvalue weighted by Gasteiger charge is 2.54. The molecule has 1 saturated carbocycles. The number of anilines is 3. The Morgan fingerprint density at radius 2 is 0.918 bits per heavy atom. The van der Waals surface area contributed by atoms with E-state index in [1.54, 1.807) is 0 Å².